The van der Waals surface area contributed by atoms with Crippen LogP contribution >= 0.6 is 0 Å². The third-order valence-electron chi connectivity index (χ3n) is 3.09. The summed E-state index contributed by atoms with van der Waals surface area (Å²) in [5.74, 6) is -0.635. The van der Waals surface area contributed by atoms with Crippen LogP contribution in [0.2, 0.25) is 0 Å². The Bertz CT molecular complexity index is 316. The van der Waals surface area contributed by atoms with Crippen molar-refractivity contribution in [3.05, 3.63) is 35.4 Å². The summed E-state index contributed by atoms with van der Waals surface area (Å²) in [4.78, 5) is 0. The van der Waals surface area contributed by atoms with Gasteiger partial charge in [0.05, 0.1) is 0 Å². The van der Waals surface area contributed by atoms with Gasteiger partial charge in [0.2, 0.25) is 0 Å². The highest BCUT2D eigenvalue weighted by molar-refractivity contribution is 5.26. The molecule has 1 aromatic carbocycles. The summed E-state index contributed by atoms with van der Waals surface area (Å²) in [5.41, 5.74) is 5.75. The molecule has 1 saturated carbocycles. The van der Waals surface area contributed by atoms with Gasteiger partial charge in [-0.3, -0.25) is 0 Å². The largest absolute Gasteiger partial charge is 0.330 e. The predicted molar refractivity (Wildman–Crippen MR) is 50.9 cm³/mol. The predicted octanol–water partition coefficient (Wildman–Crippen LogP) is 2.42. The van der Waals surface area contributed by atoms with E-state index in [0.29, 0.717) is 6.54 Å². The van der Waals surface area contributed by atoms with Crippen LogP contribution in [0.4, 0.5) is 8.78 Å². The van der Waals surface area contributed by atoms with E-state index in [9.17, 15) is 8.78 Å². The van der Waals surface area contributed by atoms with E-state index in [1.165, 1.54) is 18.2 Å². The van der Waals surface area contributed by atoms with Gasteiger partial charge in [0.25, 0.3) is 0 Å². The van der Waals surface area contributed by atoms with Crippen molar-refractivity contribution in [3.63, 3.8) is 0 Å². The molecular weight excluding hydrogens is 184 g/mol. The third-order valence-corrected chi connectivity index (χ3v) is 3.09. The van der Waals surface area contributed by atoms with Crippen LogP contribution in [0.1, 0.15) is 24.3 Å². The fraction of sp³-hybridized carbons (Fsp3) is 0.455. The number of hydrogen-bond acceptors (Lipinski definition) is 1. The van der Waals surface area contributed by atoms with Crippen molar-refractivity contribution in [1.29, 1.82) is 0 Å². The molecule has 0 radical (unpaired) electrons. The molecule has 3 heteroatoms. The number of benzene rings is 1. The molecule has 0 spiro atoms. The molecule has 1 aliphatic carbocycles. The van der Waals surface area contributed by atoms with Gasteiger partial charge in [-0.2, -0.15) is 0 Å². The Morgan fingerprint density at radius 1 is 1.21 bits per heavy atom. The minimum Gasteiger partial charge on any atom is -0.330 e. The molecule has 14 heavy (non-hydrogen) atoms. The maximum absolute atomic E-state index is 13.4. The van der Waals surface area contributed by atoms with E-state index < -0.39 is 11.6 Å². The van der Waals surface area contributed by atoms with Crippen molar-refractivity contribution in [2.24, 2.45) is 11.7 Å². The van der Waals surface area contributed by atoms with Crippen molar-refractivity contribution in [2.75, 3.05) is 6.54 Å². The maximum atomic E-state index is 13.4. The molecule has 0 aromatic heterocycles. The van der Waals surface area contributed by atoms with Crippen LogP contribution < -0.4 is 5.73 Å². The van der Waals surface area contributed by atoms with Gasteiger partial charge in [-0.1, -0.05) is 6.07 Å². The van der Waals surface area contributed by atoms with Gasteiger partial charge < -0.3 is 5.73 Å². The molecule has 0 amide bonds. The van der Waals surface area contributed by atoms with Crippen LogP contribution in [0.5, 0.6) is 0 Å². The minimum absolute atomic E-state index is 0.0128. The second-order valence-corrected chi connectivity index (χ2v) is 3.81. The van der Waals surface area contributed by atoms with Gasteiger partial charge in [0.15, 0.2) is 0 Å². The first-order valence-corrected chi connectivity index (χ1v) is 4.88. The molecule has 1 fully saturated rings. The van der Waals surface area contributed by atoms with Crippen molar-refractivity contribution < 1.29 is 8.78 Å². The molecule has 2 rings (SSSR count). The first-order chi connectivity index (χ1) is 6.74. The molecule has 2 atom stereocenters. The smallest absolute Gasteiger partial charge is 0.129 e. The van der Waals surface area contributed by atoms with Gasteiger partial charge in [-0.25, -0.2) is 8.78 Å². The molecule has 0 bridgehead atoms. The quantitative estimate of drug-likeness (QED) is 0.774. The minimum atomic E-state index is -0.437. The number of hydrogen-bond donors (Lipinski definition) is 1. The summed E-state index contributed by atoms with van der Waals surface area (Å²) in [6.45, 7) is 0.512. The standard InChI is InChI=1S/C11H13F2N/c12-9-2-1-3-10(13)11(9)8-5-4-7(8)6-14/h1-3,7-8H,4-6,14H2. The molecule has 0 heterocycles. The van der Waals surface area contributed by atoms with Crippen molar-refractivity contribution >= 4 is 0 Å². The third kappa shape index (κ3) is 1.42. The van der Waals surface area contributed by atoms with E-state index in [2.05, 4.69) is 0 Å². The van der Waals surface area contributed by atoms with Crippen LogP contribution in [0.25, 0.3) is 0 Å². The Morgan fingerprint density at radius 3 is 2.29 bits per heavy atom. The summed E-state index contributed by atoms with van der Waals surface area (Å²) in [5, 5.41) is 0. The van der Waals surface area contributed by atoms with Crippen molar-refractivity contribution in [2.45, 2.75) is 18.8 Å². The van der Waals surface area contributed by atoms with Gasteiger partial charge in [0, 0.05) is 5.56 Å². The molecule has 76 valence electrons. The lowest BCUT2D eigenvalue weighted by atomic mass is 9.70. The lowest BCUT2D eigenvalue weighted by Crippen LogP contribution is -2.31. The average Bonchev–Trinajstić information content (AvgIpc) is 2.10. The number of nitrogens with two attached hydrogens (primary N) is 1. The first-order valence-electron chi connectivity index (χ1n) is 4.88. The lowest BCUT2D eigenvalue weighted by molar-refractivity contribution is 0.250. The molecule has 2 N–H and O–H groups in total. The highest BCUT2D eigenvalue weighted by Crippen LogP contribution is 2.43. The number of rotatable bonds is 2. The van der Waals surface area contributed by atoms with E-state index in [1.807, 2.05) is 0 Å². The van der Waals surface area contributed by atoms with Crippen molar-refractivity contribution in [1.82, 2.24) is 0 Å². The van der Waals surface area contributed by atoms with E-state index in [-0.39, 0.29) is 17.4 Å². The average molecular weight is 197 g/mol. The zero-order valence-corrected chi connectivity index (χ0v) is 7.84. The van der Waals surface area contributed by atoms with Crippen LogP contribution in [0.15, 0.2) is 18.2 Å². The SMILES string of the molecule is NCC1CCC1c1c(F)cccc1F. The van der Waals surface area contributed by atoms with E-state index in [0.717, 1.165) is 12.8 Å². The zero-order chi connectivity index (χ0) is 10.1. The van der Waals surface area contributed by atoms with Crippen LogP contribution in [-0.2, 0) is 0 Å². The molecular formula is C11H13F2N. The van der Waals surface area contributed by atoms with Gasteiger partial charge in [-0.05, 0) is 43.4 Å². The van der Waals surface area contributed by atoms with E-state index in [1.54, 1.807) is 0 Å². The highest BCUT2D eigenvalue weighted by atomic mass is 19.1. The summed E-state index contributed by atoms with van der Waals surface area (Å²) >= 11 is 0. The topological polar surface area (TPSA) is 26.0 Å². The van der Waals surface area contributed by atoms with Gasteiger partial charge in [-0.15, -0.1) is 0 Å². The van der Waals surface area contributed by atoms with Gasteiger partial charge in [0.1, 0.15) is 11.6 Å². The Kier molecular flexibility index (Phi) is 2.50. The lowest BCUT2D eigenvalue weighted by Gasteiger charge is -2.36. The summed E-state index contributed by atoms with van der Waals surface area (Å²) in [7, 11) is 0. The Balaban J connectivity index is 2.31. The van der Waals surface area contributed by atoms with Crippen LogP contribution in [-0.4, -0.2) is 6.54 Å². The van der Waals surface area contributed by atoms with E-state index in [4.69, 9.17) is 5.73 Å². The molecule has 0 aliphatic heterocycles. The molecule has 0 saturated heterocycles. The first kappa shape index (κ1) is 9.59. The van der Waals surface area contributed by atoms with Crippen LogP contribution in [0.3, 0.4) is 0 Å². The van der Waals surface area contributed by atoms with E-state index >= 15 is 0 Å². The summed E-state index contributed by atoms with van der Waals surface area (Å²) < 4.78 is 26.7. The monoisotopic (exact) mass is 197 g/mol. The molecule has 1 aliphatic rings. The molecule has 2 unspecified atom stereocenters. The fourth-order valence-corrected chi connectivity index (χ4v) is 2.10. The van der Waals surface area contributed by atoms with Gasteiger partial charge >= 0.3 is 0 Å². The Morgan fingerprint density at radius 2 is 1.86 bits per heavy atom. The molecule has 1 aromatic rings. The zero-order valence-electron chi connectivity index (χ0n) is 7.84. The number of halogens is 2. The van der Waals surface area contributed by atoms with Crippen LogP contribution in [0, 0.1) is 17.6 Å². The Labute approximate surface area is 81.9 Å². The normalized spacial score (nSPS) is 25.9. The Hall–Kier alpha value is -0.960. The maximum Gasteiger partial charge on any atom is 0.129 e. The molecule has 1 nitrogen and oxygen atoms in total. The van der Waals surface area contributed by atoms with Crippen molar-refractivity contribution in [3.8, 4) is 0 Å². The fourth-order valence-electron chi connectivity index (χ4n) is 2.10. The second-order valence-electron chi connectivity index (χ2n) is 3.81. The second kappa shape index (κ2) is 3.65. The summed E-state index contributed by atoms with van der Waals surface area (Å²) in [6.07, 6.45) is 1.83. The highest BCUT2D eigenvalue weighted by Gasteiger charge is 2.34. The summed E-state index contributed by atoms with van der Waals surface area (Å²) in [6, 6.07) is 4.01.